The van der Waals surface area contributed by atoms with Gasteiger partial charge < -0.3 is 20.3 Å². The molecule has 4 aromatic rings. The zero-order valence-corrected chi connectivity index (χ0v) is 19.0. The molecule has 170 valence electrons. The lowest BCUT2D eigenvalue weighted by Crippen LogP contribution is -2.54. The van der Waals surface area contributed by atoms with Crippen molar-refractivity contribution in [3.63, 3.8) is 0 Å². The summed E-state index contributed by atoms with van der Waals surface area (Å²) in [6.45, 7) is 6.04. The lowest BCUT2D eigenvalue weighted by Gasteiger charge is -2.38. The number of anilines is 2. The average molecular weight is 447 g/mol. The number of nitrogens with zero attached hydrogens (tertiary/aromatic N) is 6. The Kier molecular flexibility index (Phi) is 5.29. The molecular weight excluding hydrogens is 420 g/mol. The third kappa shape index (κ3) is 3.82. The van der Waals surface area contributed by atoms with Crippen LogP contribution in [-0.2, 0) is 7.05 Å². The van der Waals surface area contributed by atoms with Gasteiger partial charge in [-0.3, -0.25) is 4.79 Å². The molecule has 1 saturated heterocycles. The highest BCUT2D eigenvalue weighted by Gasteiger charge is 2.25. The van der Waals surface area contributed by atoms with Crippen molar-refractivity contribution in [2.45, 2.75) is 25.9 Å². The van der Waals surface area contributed by atoms with Crippen molar-refractivity contribution >= 4 is 39.2 Å². The summed E-state index contributed by atoms with van der Waals surface area (Å²) in [6, 6.07) is 10.3. The molecule has 0 unspecified atom stereocenters. The Bertz CT molecular complexity index is 1340. The highest BCUT2D eigenvalue weighted by atomic mass is 16.5. The molecule has 0 radical (unpaired) electrons. The number of hydrogen-bond acceptors (Lipinski definition) is 8. The van der Waals surface area contributed by atoms with Crippen LogP contribution in [0.15, 0.2) is 36.5 Å². The number of benzene rings is 2. The molecule has 1 aliphatic heterocycles. The molecule has 0 saturated carbocycles. The topological polar surface area (TPSA) is 110 Å². The van der Waals surface area contributed by atoms with Gasteiger partial charge in [0.25, 0.3) is 5.91 Å². The molecule has 1 aliphatic rings. The minimum absolute atomic E-state index is 0.215. The quantitative estimate of drug-likeness (QED) is 0.492. The maximum atomic E-state index is 13.4. The highest BCUT2D eigenvalue weighted by molar-refractivity contribution is 6.15. The Hall–Kier alpha value is -3.79. The van der Waals surface area contributed by atoms with Crippen molar-refractivity contribution in [1.82, 2.24) is 30.3 Å². The van der Waals surface area contributed by atoms with E-state index in [9.17, 15) is 4.79 Å². The van der Waals surface area contributed by atoms with E-state index in [1.54, 1.807) is 10.9 Å². The van der Waals surface area contributed by atoms with Crippen LogP contribution in [0.5, 0.6) is 6.01 Å². The van der Waals surface area contributed by atoms with E-state index in [1.165, 1.54) is 7.11 Å². The SMILES string of the molecule is COc1ncc2c(N3C[C@@H](C)N[C@@H](C)C3)ccc(C(=O)Nc3cccc4c3nnn4C)c2n1. The first kappa shape index (κ1) is 21.1. The number of aromatic nitrogens is 5. The van der Waals surface area contributed by atoms with E-state index in [2.05, 4.69) is 49.7 Å². The van der Waals surface area contributed by atoms with Crippen LogP contribution in [0.1, 0.15) is 24.2 Å². The minimum atomic E-state index is -0.285. The Morgan fingerprint density at radius 3 is 2.70 bits per heavy atom. The molecule has 10 nitrogen and oxygen atoms in total. The predicted molar refractivity (Wildman–Crippen MR) is 127 cm³/mol. The van der Waals surface area contributed by atoms with Crippen LogP contribution in [0, 0.1) is 0 Å². The summed E-state index contributed by atoms with van der Waals surface area (Å²) in [5.41, 5.74) is 4.03. The summed E-state index contributed by atoms with van der Waals surface area (Å²) in [6.07, 6.45) is 1.73. The number of aryl methyl sites for hydroxylation is 1. The van der Waals surface area contributed by atoms with E-state index in [4.69, 9.17) is 4.74 Å². The van der Waals surface area contributed by atoms with Gasteiger partial charge in [0.1, 0.15) is 5.52 Å². The van der Waals surface area contributed by atoms with Crippen LogP contribution >= 0.6 is 0 Å². The normalized spacial score (nSPS) is 18.6. The van der Waals surface area contributed by atoms with Crippen LogP contribution in [0.4, 0.5) is 11.4 Å². The number of fused-ring (bicyclic) bond motifs is 2. The molecule has 2 aromatic heterocycles. The van der Waals surface area contributed by atoms with Gasteiger partial charge in [0.2, 0.25) is 0 Å². The molecule has 2 aromatic carbocycles. The van der Waals surface area contributed by atoms with E-state index in [-0.39, 0.29) is 11.9 Å². The van der Waals surface area contributed by atoms with Gasteiger partial charge in [-0.15, -0.1) is 5.10 Å². The van der Waals surface area contributed by atoms with Gasteiger partial charge in [0.05, 0.1) is 29.4 Å². The molecule has 0 aliphatic carbocycles. The fraction of sp³-hybridized carbons (Fsp3) is 0.348. The molecular formula is C23H26N8O2. The van der Waals surface area contributed by atoms with E-state index < -0.39 is 0 Å². The monoisotopic (exact) mass is 446 g/mol. The van der Waals surface area contributed by atoms with Crippen molar-refractivity contribution in [1.29, 1.82) is 0 Å². The molecule has 5 rings (SSSR count). The predicted octanol–water partition coefficient (Wildman–Crippen LogP) is 2.36. The Labute approximate surface area is 190 Å². The molecule has 10 heteroatoms. The van der Waals surface area contributed by atoms with Gasteiger partial charge in [-0.05, 0) is 38.1 Å². The van der Waals surface area contributed by atoms with Gasteiger partial charge in [-0.25, -0.2) is 9.67 Å². The lowest BCUT2D eigenvalue weighted by atomic mass is 10.0. The maximum Gasteiger partial charge on any atom is 0.316 e. The summed E-state index contributed by atoms with van der Waals surface area (Å²) in [4.78, 5) is 24.6. The van der Waals surface area contributed by atoms with E-state index in [1.807, 2.05) is 37.4 Å². The molecule has 3 heterocycles. The van der Waals surface area contributed by atoms with Gasteiger partial charge in [-0.1, -0.05) is 11.3 Å². The van der Waals surface area contributed by atoms with Gasteiger partial charge in [0.15, 0.2) is 0 Å². The van der Waals surface area contributed by atoms with Gasteiger partial charge in [-0.2, -0.15) is 4.98 Å². The second kappa shape index (κ2) is 8.28. The fourth-order valence-corrected chi connectivity index (χ4v) is 4.52. The summed E-state index contributed by atoms with van der Waals surface area (Å²) in [7, 11) is 3.33. The second-order valence-corrected chi connectivity index (χ2v) is 8.47. The molecule has 0 bridgehead atoms. The van der Waals surface area contributed by atoms with Crippen molar-refractivity contribution in [2.24, 2.45) is 7.05 Å². The molecule has 2 atom stereocenters. The first-order chi connectivity index (χ1) is 15.9. The zero-order chi connectivity index (χ0) is 23.1. The van der Waals surface area contributed by atoms with Gasteiger partial charge in [0, 0.05) is 49.5 Å². The summed E-state index contributed by atoms with van der Waals surface area (Å²) in [5.74, 6) is -0.285. The second-order valence-electron chi connectivity index (χ2n) is 8.47. The number of methoxy groups -OCH3 is 1. The lowest BCUT2D eigenvalue weighted by molar-refractivity contribution is 0.102. The number of rotatable bonds is 4. The van der Waals surface area contributed by atoms with Crippen LogP contribution in [0.3, 0.4) is 0 Å². The number of hydrogen-bond donors (Lipinski definition) is 2. The number of piperazine rings is 1. The van der Waals surface area contributed by atoms with Crippen LogP contribution in [0.2, 0.25) is 0 Å². The number of nitrogens with one attached hydrogen (secondary N) is 2. The molecule has 1 amide bonds. The zero-order valence-electron chi connectivity index (χ0n) is 19.0. The van der Waals surface area contributed by atoms with Crippen LogP contribution in [0.25, 0.3) is 21.9 Å². The van der Waals surface area contributed by atoms with Crippen LogP contribution < -0.4 is 20.3 Å². The van der Waals surface area contributed by atoms with Crippen LogP contribution in [-0.4, -0.2) is 63.2 Å². The van der Waals surface area contributed by atoms with Crippen molar-refractivity contribution in [2.75, 3.05) is 30.4 Å². The number of ether oxygens (including phenoxy) is 1. The summed E-state index contributed by atoms with van der Waals surface area (Å²) < 4.78 is 6.93. The minimum Gasteiger partial charge on any atom is -0.467 e. The molecule has 1 fully saturated rings. The smallest absolute Gasteiger partial charge is 0.316 e. The first-order valence-electron chi connectivity index (χ1n) is 10.9. The third-order valence-electron chi connectivity index (χ3n) is 5.92. The third-order valence-corrected chi connectivity index (χ3v) is 5.92. The van der Waals surface area contributed by atoms with Crippen molar-refractivity contribution in [3.05, 3.63) is 42.1 Å². The molecule has 33 heavy (non-hydrogen) atoms. The Balaban J connectivity index is 1.57. The Morgan fingerprint density at radius 1 is 1.15 bits per heavy atom. The maximum absolute atomic E-state index is 13.4. The molecule has 0 spiro atoms. The summed E-state index contributed by atoms with van der Waals surface area (Å²) >= 11 is 0. The number of carbonyl (C=O) groups excluding carboxylic acids is 1. The fourth-order valence-electron chi connectivity index (χ4n) is 4.52. The van der Waals surface area contributed by atoms with Crippen molar-refractivity contribution in [3.8, 4) is 6.01 Å². The van der Waals surface area contributed by atoms with E-state index in [0.717, 1.165) is 29.7 Å². The highest BCUT2D eigenvalue weighted by Crippen LogP contribution is 2.31. The first-order valence-corrected chi connectivity index (χ1v) is 10.9. The Morgan fingerprint density at radius 2 is 1.94 bits per heavy atom. The standard InChI is InChI=1S/C23H26N8O2/c1-13-11-31(12-14(2)25-13)18-9-8-15(20-16(18)10-24-23(27-20)33-4)22(32)26-17-6-5-7-19-21(17)28-29-30(19)3/h5-10,13-14,25H,11-12H2,1-4H3,(H,26,32)/t13-,14+. The van der Waals surface area contributed by atoms with Crippen molar-refractivity contribution < 1.29 is 9.53 Å². The van der Waals surface area contributed by atoms with Gasteiger partial charge >= 0.3 is 6.01 Å². The average Bonchev–Trinajstić information content (AvgIpc) is 3.19. The number of amides is 1. The molecule has 2 N–H and O–H groups in total. The van der Waals surface area contributed by atoms with E-state index >= 15 is 0 Å². The number of carbonyl (C=O) groups is 1. The summed E-state index contributed by atoms with van der Waals surface area (Å²) in [5, 5.41) is 15.6. The largest absolute Gasteiger partial charge is 0.467 e. The van der Waals surface area contributed by atoms with E-state index in [0.29, 0.717) is 34.4 Å².